The summed E-state index contributed by atoms with van der Waals surface area (Å²) in [6.45, 7) is 0.358. The normalized spacial score (nSPS) is 17.5. The minimum atomic E-state index is -0.746. The van der Waals surface area contributed by atoms with Crippen molar-refractivity contribution >= 4 is 12.4 Å². The molecule has 0 aromatic heterocycles. The monoisotopic (exact) mass is 339 g/mol. The van der Waals surface area contributed by atoms with Crippen LogP contribution in [0.5, 0.6) is 0 Å². The number of aliphatic hydroxyl groups is 1. The summed E-state index contributed by atoms with van der Waals surface area (Å²) in [5.74, 6) is -1.01. The van der Waals surface area contributed by atoms with Gasteiger partial charge < -0.3 is 10.4 Å². The van der Waals surface area contributed by atoms with Crippen molar-refractivity contribution in [2.75, 3.05) is 13.6 Å². The highest BCUT2D eigenvalue weighted by Crippen LogP contribution is 2.37. The Labute approximate surface area is 141 Å². The lowest BCUT2D eigenvalue weighted by Crippen LogP contribution is -2.31. The van der Waals surface area contributed by atoms with Gasteiger partial charge in [0.05, 0.1) is 6.10 Å². The topological polar surface area (TPSA) is 32.3 Å². The summed E-state index contributed by atoms with van der Waals surface area (Å²) >= 11 is 0. The Morgan fingerprint density at radius 3 is 2.70 bits per heavy atom. The van der Waals surface area contributed by atoms with E-state index in [9.17, 15) is 13.9 Å². The van der Waals surface area contributed by atoms with Crippen LogP contribution < -0.4 is 5.32 Å². The molecule has 5 heteroatoms. The second kappa shape index (κ2) is 7.39. The van der Waals surface area contributed by atoms with Crippen LogP contribution in [0.2, 0.25) is 0 Å². The Morgan fingerprint density at radius 1 is 1.17 bits per heavy atom. The quantitative estimate of drug-likeness (QED) is 0.900. The molecular formula is C18H20ClF2NO. The van der Waals surface area contributed by atoms with Crippen molar-refractivity contribution in [1.82, 2.24) is 5.32 Å². The number of hydrogen-bond acceptors (Lipinski definition) is 2. The minimum Gasteiger partial charge on any atom is -0.391 e. The third kappa shape index (κ3) is 3.39. The summed E-state index contributed by atoms with van der Waals surface area (Å²) in [7, 11) is 1.75. The molecule has 124 valence electrons. The number of hydrogen-bond donors (Lipinski definition) is 2. The average Bonchev–Trinajstić information content (AvgIpc) is 2.64. The maximum Gasteiger partial charge on any atom is 0.126 e. The van der Waals surface area contributed by atoms with Gasteiger partial charge in [-0.2, -0.15) is 0 Å². The molecule has 2 aromatic rings. The SMILES string of the molecule is CNCC(O)C1c2cc(F)ccc2CCc2c(F)cccc21.Cl. The van der Waals surface area contributed by atoms with Gasteiger partial charge in [-0.05, 0) is 60.3 Å². The molecule has 2 nitrogen and oxygen atoms in total. The molecule has 1 aliphatic rings. The van der Waals surface area contributed by atoms with E-state index < -0.39 is 12.0 Å². The molecule has 2 unspecified atom stereocenters. The summed E-state index contributed by atoms with van der Waals surface area (Å²) in [4.78, 5) is 0. The van der Waals surface area contributed by atoms with Gasteiger partial charge in [-0.25, -0.2) is 8.78 Å². The van der Waals surface area contributed by atoms with Crippen molar-refractivity contribution < 1.29 is 13.9 Å². The number of aryl methyl sites for hydroxylation is 1. The van der Waals surface area contributed by atoms with Gasteiger partial charge in [0, 0.05) is 12.5 Å². The van der Waals surface area contributed by atoms with E-state index in [1.807, 2.05) is 6.07 Å². The van der Waals surface area contributed by atoms with Gasteiger partial charge in [0.25, 0.3) is 0 Å². The van der Waals surface area contributed by atoms with Gasteiger partial charge in [-0.15, -0.1) is 12.4 Å². The van der Waals surface area contributed by atoms with E-state index >= 15 is 0 Å². The van der Waals surface area contributed by atoms with Crippen LogP contribution in [-0.2, 0) is 12.8 Å². The van der Waals surface area contributed by atoms with Crippen LogP contribution in [0.1, 0.15) is 28.2 Å². The molecule has 0 amide bonds. The smallest absolute Gasteiger partial charge is 0.126 e. The van der Waals surface area contributed by atoms with Crippen LogP contribution in [0.4, 0.5) is 8.78 Å². The number of nitrogens with one attached hydrogen (secondary N) is 1. The Hall–Kier alpha value is -1.49. The predicted molar refractivity (Wildman–Crippen MR) is 89.2 cm³/mol. The number of aliphatic hydroxyl groups excluding tert-OH is 1. The first-order chi connectivity index (χ1) is 10.6. The van der Waals surface area contributed by atoms with E-state index in [2.05, 4.69) is 5.32 Å². The number of halogens is 3. The lowest BCUT2D eigenvalue weighted by molar-refractivity contribution is 0.156. The molecule has 23 heavy (non-hydrogen) atoms. The first kappa shape index (κ1) is 17.9. The van der Waals surface area contributed by atoms with E-state index in [4.69, 9.17) is 0 Å². The lowest BCUT2D eigenvalue weighted by Gasteiger charge is -2.25. The fourth-order valence-electron chi connectivity index (χ4n) is 3.38. The summed E-state index contributed by atoms with van der Waals surface area (Å²) < 4.78 is 27.9. The summed E-state index contributed by atoms with van der Waals surface area (Å²) in [6, 6.07) is 9.57. The van der Waals surface area contributed by atoms with Crippen LogP contribution in [0.25, 0.3) is 0 Å². The zero-order valence-corrected chi connectivity index (χ0v) is 13.7. The van der Waals surface area contributed by atoms with Crippen molar-refractivity contribution in [2.24, 2.45) is 0 Å². The summed E-state index contributed by atoms with van der Waals surface area (Å²) in [6.07, 6.45) is 0.458. The predicted octanol–water partition coefficient (Wildman–Crippen LogP) is 3.20. The van der Waals surface area contributed by atoms with E-state index in [1.165, 1.54) is 18.2 Å². The molecule has 0 fully saturated rings. The second-order valence-electron chi connectivity index (χ2n) is 5.75. The van der Waals surface area contributed by atoms with Crippen molar-refractivity contribution in [3.63, 3.8) is 0 Å². The fourth-order valence-corrected chi connectivity index (χ4v) is 3.38. The molecule has 0 saturated carbocycles. The zero-order valence-electron chi connectivity index (χ0n) is 12.9. The van der Waals surface area contributed by atoms with Crippen LogP contribution >= 0.6 is 12.4 Å². The average molecular weight is 340 g/mol. The van der Waals surface area contributed by atoms with Crippen molar-refractivity contribution in [3.05, 3.63) is 70.3 Å². The molecule has 2 aromatic carbocycles. The number of rotatable bonds is 3. The van der Waals surface area contributed by atoms with Crippen molar-refractivity contribution in [1.29, 1.82) is 0 Å². The van der Waals surface area contributed by atoms with Gasteiger partial charge in [0.2, 0.25) is 0 Å². The van der Waals surface area contributed by atoms with Gasteiger partial charge >= 0.3 is 0 Å². The molecule has 0 radical (unpaired) electrons. The summed E-state index contributed by atoms with van der Waals surface area (Å²) in [5, 5.41) is 13.5. The van der Waals surface area contributed by atoms with Crippen LogP contribution in [0.3, 0.4) is 0 Å². The zero-order chi connectivity index (χ0) is 15.7. The maximum absolute atomic E-state index is 14.2. The van der Waals surface area contributed by atoms with Crippen LogP contribution in [0.15, 0.2) is 36.4 Å². The maximum atomic E-state index is 14.2. The Kier molecular flexibility index (Phi) is 5.74. The first-order valence-electron chi connectivity index (χ1n) is 7.50. The molecule has 0 bridgehead atoms. The number of benzene rings is 2. The van der Waals surface area contributed by atoms with Gasteiger partial charge in [0.15, 0.2) is 0 Å². The molecule has 0 heterocycles. The van der Waals surface area contributed by atoms with Crippen molar-refractivity contribution in [3.8, 4) is 0 Å². The van der Waals surface area contributed by atoms with Gasteiger partial charge in [-0.3, -0.25) is 0 Å². The Balaban J connectivity index is 0.00000192. The molecule has 3 rings (SSSR count). The third-order valence-electron chi connectivity index (χ3n) is 4.38. The standard InChI is InChI=1S/C18H19F2NO.ClH/c1-21-10-17(22)18-14-3-2-4-16(20)13(14)8-6-11-5-7-12(19)9-15(11)18;/h2-5,7,9,17-18,21-22H,6,8,10H2,1H3;1H. The van der Waals surface area contributed by atoms with E-state index in [0.29, 0.717) is 24.9 Å². The largest absolute Gasteiger partial charge is 0.391 e. The van der Waals surface area contributed by atoms with Gasteiger partial charge in [-0.1, -0.05) is 18.2 Å². The highest BCUT2D eigenvalue weighted by Gasteiger charge is 2.30. The van der Waals surface area contributed by atoms with E-state index in [1.54, 1.807) is 19.2 Å². The Bertz CT molecular complexity index is 691. The van der Waals surface area contributed by atoms with E-state index in [0.717, 1.165) is 16.7 Å². The van der Waals surface area contributed by atoms with E-state index in [-0.39, 0.29) is 24.0 Å². The molecule has 0 aliphatic heterocycles. The van der Waals surface area contributed by atoms with Crippen LogP contribution in [-0.4, -0.2) is 24.8 Å². The molecule has 2 N–H and O–H groups in total. The highest BCUT2D eigenvalue weighted by atomic mass is 35.5. The van der Waals surface area contributed by atoms with Crippen LogP contribution in [0, 0.1) is 11.6 Å². The second-order valence-corrected chi connectivity index (χ2v) is 5.75. The molecule has 0 spiro atoms. The van der Waals surface area contributed by atoms with Crippen molar-refractivity contribution in [2.45, 2.75) is 24.9 Å². The molecule has 0 saturated heterocycles. The highest BCUT2D eigenvalue weighted by molar-refractivity contribution is 5.85. The number of likely N-dealkylation sites (N-methyl/N-ethyl adjacent to an activating group) is 1. The minimum absolute atomic E-state index is 0. The first-order valence-corrected chi connectivity index (χ1v) is 7.50. The molecular weight excluding hydrogens is 320 g/mol. The fraction of sp³-hybridized carbons (Fsp3) is 0.333. The molecule has 2 atom stereocenters. The number of fused-ring (bicyclic) bond motifs is 2. The van der Waals surface area contributed by atoms with Gasteiger partial charge in [0.1, 0.15) is 11.6 Å². The summed E-state index contributed by atoms with van der Waals surface area (Å²) in [5.41, 5.74) is 3.11. The third-order valence-corrected chi connectivity index (χ3v) is 4.38. The molecule has 1 aliphatic carbocycles. The Morgan fingerprint density at radius 2 is 1.96 bits per heavy atom. The lowest BCUT2D eigenvalue weighted by atomic mass is 9.83.